The minimum absolute atomic E-state index is 0.0758. The number of fused-ring (bicyclic) bond motifs is 2. The molecule has 0 spiro atoms. The zero-order valence-corrected chi connectivity index (χ0v) is 9.55. The van der Waals surface area contributed by atoms with Crippen molar-refractivity contribution in [3.8, 4) is 12.3 Å². The monoisotopic (exact) mass is 231 g/mol. The molecule has 2 aliphatic rings. The maximum absolute atomic E-state index is 11.8. The minimum atomic E-state index is -0.569. The third-order valence-corrected chi connectivity index (χ3v) is 2.87. The lowest BCUT2D eigenvalue weighted by Crippen LogP contribution is -2.45. The zero-order chi connectivity index (χ0) is 12.4. The summed E-state index contributed by atoms with van der Waals surface area (Å²) in [5, 5.41) is 0. The van der Waals surface area contributed by atoms with E-state index in [0.29, 0.717) is 18.7 Å². The molecule has 0 radical (unpaired) electrons. The van der Waals surface area contributed by atoms with Gasteiger partial charge in [-0.2, -0.15) is 0 Å². The fraction of sp³-hybridized carbons (Fsp3) is 0.385. The lowest BCUT2D eigenvalue weighted by molar-refractivity contribution is -0.140. The van der Waals surface area contributed by atoms with Gasteiger partial charge < -0.3 is 4.74 Å². The molecule has 0 N–H and O–H groups in total. The van der Waals surface area contributed by atoms with Crippen molar-refractivity contribution in [3.63, 3.8) is 0 Å². The standard InChI is InChI=1S/C13H13NO3/c1-3-7-14-9-5-6-11(15)12(14)10(8-9)13(16)17-4-2/h1,5-6,8-9,12H,4,7H2,2H3. The second-order valence-electron chi connectivity index (χ2n) is 3.87. The number of rotatable bonds is 3. The first-order valence-corrected chi connectivity index (χ1v) is 5.49. The van der Waals surface area contributed by atoms with Gasteiger partial charge in [0.05, 0.1) is 18.7 Å². The second-order valence-corrected chi connectivity index (χ2v) is 3.87. The number of esters is 1. The summed E-state index contributed by atoms with van der Waals surface area (Å²) in [5.74, 6) is 1.96. The quantitative estimate of drug-likeness (QED) is 0.518. The third-order valence-electron chi connectivity index (χ3n) is 2.87. The molecule has 17 heavy (non-hydrogen) atoms. The van der Waals surface area contributed by atoms with Crippen molar-refractivity contribution in [1.29, 1.82) is 0 Å². The van der Waals surface area contributed by atoms with E-state index in [0.717, 1.165) is 0 Å². The molecule has 0 amide bonds. The molecule has 0 saturated carbocycles. The highest BCUT2D eigenvalue weighted by molar-refractivity contribution is 6.07. The normalized spacial score (nSPS) is 26.6. The Bertz CT molecular complexity index is 456. The van der Waals surface area contributed by atoms with E-state index < -0.39 is 12.0 Å². The molecule has 0 aromatic carbocycles. The number of ketones is 1. The van der Waals surface area contributed by atoms with Crippen LogP contribution in [0.4, 0.5) is 0 Å². The highest BCUT2D eigenvalue weighted by Crippen LogP contribution is 2.29. The van der Waals surface area contributed by atoms with Gasteiger partial charge in [0.15, 0.2) is 5.78 Å². The summed E-state index contributed by atoms with van der Waals surface area (Å²) in [4.78, 5) is 25.4. The largest absolute Gasteiger partial charge is 0.463 e. The van der Waals surface area contributed by atoms with Gasteiger partial charge in [-0.1, -0.05) is 18.1 Å². The first-order valence-electron chi connectivity index (χ1n) is 5.49. The average molecular weight is 231 g/mol. The number of hydrogen-bond acceptors (Lipinski definition) is 4. The molecule has 0 aromatic heterocycles. The van der Waals surface area contributed by atoms with Crippen LogP contribution < -0.4 is 0 Å². The van der Waals surface area contributed by atoms with E-state index in [-0.39, 0.29) is 11.8 Å². The van der Waals surface area contributed by atoms with Gasteiger partial charge in [-0.05, 0) is 13.0 Å². The number of carbonyl (C=O) groups excluding carboxylic acids is 2. The summed E-state index contributed by atoms with van der Waals surface area (Å²) in [7, 11) is 0. The Morgan fingerprint density at radius 2 is 2.41 bits per heavy atom. The molecular weight excluding hydrogens is 218 g/mol. The van der Waals surface area contributed by atoms with Gasteiger partial charge >= 0.3 is 5.97 Å². The summed E-state index contributed by atoms with van der Waals surface area (Å²) in [6.45, 7) is 2.37. The summed E-state index contributed by atoms with van der Waals surface area (Å²) >= 11 is 0. The zero-order valence-electron chi connectivity index (χ0n) is 9.55. The Morgan fingerprint density at radius 3 is 3.06 bits per heavy atom. The lowest BCUT2D eigenvalue weighted by atomic mass is 10.0. The van der Waals surface area contributed by atoms with Crippen molar-refractivity contribution in [3.05, 3.63) is 23.8 Å². The SMILES string of the molecule is C#CCN1C2C=CC(=O)C1C(C(=O)OCC)=C2. The first-order chi connectivity index (χ1) is 8.19. The van der Waals surface area contributed by atoms with E-state index >= 15 is 0 Å². The minimum Gasteiger partial charge on any atom is -0.463 e. The molecular formula is C13H13NO3. The number of hydrogen-bond donors (Lipinski definition) is 0. The molecule has 0 fully saturated rings. The van der Waals surface area contributed by atoms with Gasteiger partial charge in [0, 0.05) is 6.04 Å². The Morgan fingerprint density at radius 1 is 1.65 bits per heavy atom. The second kappa shape index (κ2) is 4.56. The Balaban J connectivity index is 2.28. The van der Waals surface area contributed by atoms with E-state index in [9.17, 15) is 9.59 Å². The van der Waals surface area contributed by atoms with E-state index in [1.165, 1.54) is 6.08 Å². The maximum Gasteiger partial charge on any atom is 0.335 e. The van der Waals surface area contributed by atoms with Crippen LogP contribution in [-0.2, 0) is 14.3 Å². The molecule has 4 nitrogen and oxygen atoms in total. The number of ether oxygens (including phenoxy) is 1. The van der Waals surface area contributed by atoms with Gasteiger partial charge in [-0.3, -0.25) is 9.69 Å². The molecule has 2 atom stereocenters. The Labute approximate surface area is 99.9 Å². The molecule has 2 unspecified atom stereocenters. The third kappa shape index (κ3) is 1.90. The Hall–Kier alpha value is -1.86. The molecule has 2 aliphatic heterocycles. The maximum atomic E-state index is 11.8. The smallest absolute Gasteiger partial charge is 0.335 e. The summed E-state index contributed by atoms with van der Waals surface area (Å²) in [6, 6.07) is -0.645. The number of carbonyl (C=O) groups is 2. The van der Waals surface area contributed by atoms with Crippen molar-refractivity contribution in [2.24, 2.45) is 0 Å². The number of nitrogens with zero attached hydrogens (tertiary/aromatic N) is 1. The average Bonchev–Trinajstić information content (AvgIpc) is 2.56. The van der Waals surface area contributed by atoms with Crippen LogP contribution in [0.5, 0.6) is 0 Å². The van der Waals surface area contributed by atoms with E-state index in [1.807, 2.05) is 4.90 Å². The molecule has 0 saturated heterocycles. The molecule has 0 aromatic rings. The van der Waals surface area contributed by atoms with Crippen molar-refractivity contribution >= 4 is 11.8 Å². The summed E-state index contributed by atoms with van der Waals surface area (Å²) in [5.41, 5.74) is 0.405. The van der Waals surface area contributed by atoms with Gasteiger partial charge in [-0.25, -0.2) is 4.79 Å². The predicted octanol–water partition coefficient (Wildman–Crippen LogP) is 0.301. The molecule has 2 heterocycles. The molecule has 2 bridgehead atoms. The van der Waals surface area contributed by atoms with Crippen LogP contribution in [0.25, 0.3) is 0 Å². The topological polar surface area (TPSA) is 46.6 Å². The van der Waals surface area contributed by atoms with Gasteiger partial charge in [0.25, 0.3) is 0 Å². The van der Waals surface area contributed by atoms with Crippen molar-refractivity contribution < 1.29 is 14.3 Å². The fourth-order valence-corrected chi connectivity index (χ4v) is 2.19. The van der Waals surface area contributed by atoms with Gasteiger partial charge in [0.1, 0.15) is 6.04 Å². The highest BCUT2D eigenvalue weighted by atomic mass is 16.5. The van der Waals surface area contributed by atoms with Crippen LogP contribution in [-0.4, -0.2) is 41.9 Å². The van der Waals surface area contributed by atoms with E-state index in [4.69, 9.17) is 11.2 Å². The van der Waals surface area contributed by atoms with Crippen LogP contribution >= 0.6 is 0 Å². The van der Waals surface area contributed by atoms with E-state index in [2.05, 4.69) is 5.92 Å². The molecule has 88 valence electrons. The van der Waals surface area contributed by atoms with Crippen LogP contribution in [0.1, 0.15) is 6.92 Å². The Kier molecular flexibility index (Phi) is 3.12. The van der Waals surface area contributed by atoms with Gasteiger partial charge in [-0.15, -0.1) is 6.42 Å². The molecule has 0 aliphatic carbocycles. The van der Waals surface area contributed by atoms with Crippen LogP contribution in [0.2, 0.25) is 0 Å². The van der Waals surface area contributed by atoms with Crippen LogP contribution in [0.15, 0.2) is 23.8 Å². The van der Waals surface area contributed by atoms with Crippen molar-refractivity contribution in [2.75, 3.05) is 13.2 Å². The first kappa shape index (κ1) is 11.6. The lowest BCUT2D eigenvalue weighted by Gasteiger charge is -2.29. The van der Waals surface area contributed by atoms with E-state index in [1.54, 1.807) is 19.1 Å². The van der Waals surface area contributed by atoms with Gasteiger partial charge in [0.2, 0.25) is 0 Å². The highest BCUT2D eigenvalue weighted by Gasteiger charge is 2.42. The van der Waals surface area contributed by atoms with Crippen LogP contribution in [0, 0.1) is 12.3 Å². The van der Waals surface area contributed by atoms with Crippen molar-refractivity contribution in [1.82, 2.24) is 4.90 Å². The van der Waals surface area contributed by atoms with Crippen molar-refractivity contribution in [2.45, 2.75) is 19.0 Å². The molecule has 4 heteroatoms. The molecule has 2 rings (SSSR count). The summed E-state index contributed by atoms with van der Waals surface area (Å²) < 4.78 is 4.94. The van der Waals surface area contributed by atoms with Crippen LogP contribution in [0.3, 0.4) is 0 Å². The fourth-order valence-electron chi connectivity index (χ4n) is 2.19. The summed E-state index contributed by atoms with van der Waals surface area (Å²) in [6.07, 6.45) is 10.3. The number of terminal acetylenes is 1. The predicted molar refractivity (Wildman–Crippen MR) is 62.0 cm³/mol.